The Balaban J connectivity index is 2.30. The molecule has 0 fully saturated rings. The highest BCUT2D eigenvalue weighted by molar-refractivity contribution is 7.14. The number of rotatable bonds is 3. The van der Waals surface area contributed by atoms with Crippen molar-refractivity contribution in [3.63, 3.8) is 0 Å². The molecule has 16 heavy (non-hydrogen) atoms. The van der Waals surface area contributed by atoms with Crippen LogP contribution >= 0.6 is 11.3 Å². The molecule has 2 aromatic heterocycles. The molecule has 0 atom stereocenters. The molecule has 5 nitrogen and oxygen atoms in total. The van der Waals surface area contributed by atoms with E-state index in [0.717, 1.165) is 4.88 Å². The summed E-state index contributed by atoms with van der Waals surface area (Å²) in [6.45, 7) is 1.88. The highest BCUT2D eigenvalue weighted by Crippen LogP contribution is 2.22. The van der Waals surface area contributed by atoms with Crippen molar-refractivity contribution in [2.24, 2.45) is 0 Å². The summed E-state index contributed by atoms with van der Waals surface area (Å²) in [5.41, 5.74) is 0. The molecule has 0 aliphatic rings. The van der Waals surface area contributed by atoms with E-state index in [4.69, 9.17) is 4.42 Å². The maximum absolute atomic E-state index is 11.8. The van der Waals surface area contributed by atoms with Gasteiger partial charge in [0, 0.05) is 4.88 Å². The van der Waals surface area contributed by atoms with Gasteiger partial charge in [-0.1, -0.05) is 0 Å². The van der Waals surface area contributed by atoms with Gasteiger partial charge in [-0.3, -0.25) is 14.9 Å². The number of carbonyl (C=O) groups is 1. The van der Waals surface area contributed by atoms with Gasteiger partial charge in [0.15, 0.2) is 5.76 Å². The fourth-order valence-electron chi connectivity index (χ4n) is 1.23. The first kappa shape index (κ1) is 10.6. The molecule has 0 aromatic carbocycles. The van der Waals surface area contributed by atoms with Gasteiger partial charge in [-0.15, -0.1) is 11.3 Å². The average molecular weight is 237 g/mol. The van der Waals surface area contributed by atoms with Crippen molar-refractivity contribution in [2.75, 3.05) is 0 Å². The minimum atomic E-state index is -0.670. The SMILES string of the molecule is Cc1ccc(C(=O)c2ccc([N+](=O)[O-])o2)s1. The molecule has 6 heteroatoms. The molecule has 0 bridgehead atoms. The van der Waals surface area contributed by atoms with Gasteiger partial charge in [0.05, 0.1) is 10.9 Å². The van der Waals surface area contributed by atoms with E-state index in [1.807, 2.05) is 13.0 Å². The van der Waals surface area contributed by atoms with Crippen molar-refractivity contribution in [1.82, 2.24) is 0 Å². The minimum absolute atomic E-state index is 0.00597. The van der Waals surface area contributed by atoms with Crippen LogP contribution in [-0.4, -0.2) is 10.7 Å². The van der Waals surface area contributed by atoms with Crippen LogP contribution in [0.5, 0.6) is 0 Å². The van der Waals surface area contributed by atoms with Crippen molar-refractivity contribution >= 4 is 23.0 Å². The van der Waals surface area contributed by atoms with E-state index < -0.39 is 10.8 Å². The van der Waals surface area contributed by atoms with Crippen molar-refractivity contribution in [1.29, 1.82) is 0 Å². The Kier molecular flexibility index (Phi) is 2.57. The van der Waals surface area contributed by atoms with Gasteiger partial charge in [0.1, 0.15) is 4.92 Å². The fourth-order valence-corrected chi connectivity index (χ4v) is 2.04. The molecule has 0 amide bonds. The smallest absolute Gasteiger partial charge is 0.397 e. The summed E-state index contributed by atoms with van der Waals surface area (Å²) in [5.74, 6) is -0.753. The van der Waals surface area contributed by atoms with Crippen LogP contribution < -0.4 is 0 Å². The standard InChI is InChI=1S/C10H7NO4S/c1-6-2-4-8(16-6)10(12)7-3-5-9(15-7)11(13)14/h2-5H,1H3. The molecule has 0 saturated heterocycles. The van der Waals surface area contributed by atoms with Gasteiger partial charge >= 0.3 is 5.88 Å². The van der Waals surface area contributed by atoms with Crippen LogP contribution in [-0.2, 0) is 0 Å². The zero-order valence-corrected chi connectivity index (χ0v) is 9.11. The van der Waals surface area contributed by atoms with Crippen LogP contribution in [0.2, 0.25) is 0 Å². The zero-order chi connectivity index (χ0) is 11.7. The van der Waals surface area contributed by atoms with E-state index in [1.54, 1.807) is 6.07 Å². The normalized spacial score (nSPS) is 10.3. The Morgan fingerprint density at radius 1 is 1.38 bits per heavy atom. The topological polar surface area (TPSA) is 73.3 Å². The minimum Gasteiger partial charge on any atom is -0.397 e. The number of ketones is 1. The van der Waals surface area contributed by atoms with Crippen molar-refractivity contribution in [3.8, 4) is 0 Å². The van der Waals surface area contributed by atoms with Gasteiger partial charge in [-0.2, -0.15) is 0 Å². The lowest BCUT2D eigenvalue weighted by molar-refractivity contribution is -0.402. The maximum atomic E-state index is 11.8. The Bertz CT molecular complexity index is 555. The van der Waals surface area contributed by atoms with E-state index >= 15 is 0 Å². The van der Waals surface area contributed by atoms with E-state index in [2.05, 4.69) is 0 Å². The van der Waals surface area contributed by atoms with Crippen molar-refractivity contribution in [2.45, 2.75) is 6.92 Å². The molecule has 0 radical (unpaired) electrons. The number of hydrogen-bond donors (Lipinski definition) is 0. The molecular formula is C10H7NO4S. The lowest BCUT2D eigenvalue weighted by Crippen LogP contribution is -1.95. The predicted octanol–water partition coefficient (Wildman–Crippen LogP) is 2.79. The molecule has 82 valence electrons. The van der Waals surface area contributed by atoms with Crippen LogP contribution in [0.4, 0.5) is 5.88 Å². The van der Waals surface area contributed by atoms with Gasteiger partial charge in [-0.25, -0.2) is 0 Å². The van der Waals surface area contributed by atoms with Gasteiger partial charge in [0.25, 0.3) is 0 Å². The third-order valence-electron chi connectivity index (χ3n) is 1.96. The lowest BCUT2D eigenvalue weighted by atomic mass is 10.2. The summed E-state index contributed by atoms with van der Waals surface area (Å²) < 4.78 is 4.83. The Morgan fingerprint density at radius 3 is 2.62 bits per heavy atom. The van der Waals surface area contributed by atoms with Crippen molar-refractivity contribution < 1.29 is 14.1 Å². The number of thiophene rings is 1. The first-order valence-corrected chi connectivity index (χ1v) is 5.25. The molecule has 0 spiro atoms. The molecule has 0 unspecified atom stereocenters. The molecular weight excluding hydrogens is 230 g/mol. The summed E-state index contributed by atoms with van der Waals surface area (Å²) in [5, 5.41) is 10.4. The van der Waals surface area contributed by atoms with Gasteiger partial charge in [0.2, 0.25) is 5.78 Å². The Morgan fingerprint density at radius 2 is 2.12 bits per heavy atom. The first-order valence-electron chi connectivity index (χ1n) is 4.43. The highest BCUT2D eigenvalue weighted by atomic mass is 32.1. The van der Waals surface area contributed by atoms with E-state index in [9.17, 15) is 14.9 Å². The second-order valence-corrected chi connectivity index (χ2v) is 4.42. The van der Waals surface area contributed by atoms with Crippen LogP contribution in [0.3, 0.4) is 0 Å². The third kappa shape index (κ3) is 1.87. The summed E-state index contributed by atoms with van der Waals surface area (Å²) in [7, 11) is 0. The quantitative estimate of drug-likeness (QED) is 0.467. The molecule has 2 aromatic rings. The van der Waals surface area contributed by atoms with E-state index in [1.165, 1.54) is 23.5 Å². The van der Waals surface area contributed by atoms with Crippen molar-refractivity contribution in [3.05, 3.63) is 49.9 Å². The number of carbonyl (C=O) groups excluding carboxylic acids is 1. The maximum Gasteiger partial charge on any atom is 0.433 e. The average Bonchev–Trinajstić information content (AvgIpc) is 2.84. The number of nitrogens with zero attached hydrogens (tertiary/aromatic N) is 1. The highest BCUT2D eigenvalue weighted by Gasteiger charge is 2.19. The van der Waals surface area contributed by atoms with E-state index in [-0.39, 0.29) is 11.5 Å². The predicted molar refractivity (Wildman–Crippen MR) is 57.9 cm³/mol. The largest absolute Gasteiger partial charge is 0.433 e. The van der Waals surface area contributed by atoms with Crippen LogP contribution in [0, 0.1) is 17.0 Å². The molecule has 2 rings (SSSR count). The van der Waals surface area contributed by atoms with Crippen LogP contribution in [0.25, 0.3) is 0 Å². The summed E-state index contributed by atoms with van der Waals surface area (Å²) in [4.78, 5) is 23.0. The second kappa shape index (κ2) is 3.90. The number of aryl methyl sites for hydroxylation is 1. The van der Waals surface area contributed by atoms with Gasteiger partial charge in [-0.05, 0) is 25.1 Å². The van der Waals surface area contributed by atoms with Crippen LogP contribution in [0.15, 0.2) is 28.7 Å². The Hall–Kier alpha value is -1.95. The summed E-state index contributed by atoms with van der Waals surface area (Å²) in [6.07, 6.45) is 0. The zero-order valence-electron chi connectivity index (χ0n) is 8.30. The number of nitro groups is 1. The van der Waals surface area contributed by atoms with Crippen LogP contribution in [0.1, 0.15) is 20.3 Å². The number of hydrogen-bond acceptors (Lipinski definition) is 5. The molecule has 0 aliphatic heterocycles. The first-order chi connectivity index (χ1) is 7.58. The summed E-state index contributed by atoms with van der Waals surface area (Å²) >= 11 is 1.33. The molecule has 2 heterocycles. The number of furan rings is 1. The second-order valence-electron chi connectivity index (χ2n) is 3.13. The Labute approximate surface area is 94.5 Å². The third-order valence-corrected chi connectivity index (χ3v) is 2.96. The molecule has 0 N–H and O–H groups in total. The van der Waals surface area contributed by atoms with E-state index in [0.29, 0.717) is 4.88 Å². The fraction of sp³-hybridized carbons (Fsp3) is 0.100. The monoisotopic (exact) mass is 237 g/mol. The summed E-state index contributed by atoms with van der Waals surface area (Å²) in [6, 6.07) is 5.98. The van der Waals surface area contributed by atoms with Gasteiger partial charge < -0.3 is 4.42 Å². The molecule has 0 aliphatic carbocycles. The lowest BCUT2D eigenvalue weighted by Gasteiger charge is -1.90. The molecule has 0 saturated carbocycles.